The number of benzene rings is 2. The molecule has 1 N–H and O–H groups in total. The minimum absolute atomic E-state index is 0.180. The number of nitrogens with zero attached hydrogens (tertiary/aromatic N) is 3. The Balaban J connectivity index is 1.88. The van der Waals surface area contributed by atoms with Crippen molar-refractivity contribution in [1.29, 1.82) is 0 Å². The molecule has 0 saturated carbocycles. The van der Waals surface area contributed by atoms with Gasteiger partial charge < -0.3 is 5.11 Å². The Kier molecular flexibility index (Phi) is 8.25. The van der Waals surface area contributed by atoms with Crippen molar-refractivity contribution in [3.8, 4) is 17.0 Å². The molecule has 0 fully saturated rings. The summed E-state index contributed by atoms with van der Waals surface area (Å²) in [5.74, 6) is -1.89. The van der Waals surface area contributed by atoms with Crippen LogP contribution in [0.3, 0.4) is 0 Å². The van der Waals surface area contributed by atoms with Gasteiger partial charge in [0.25, 0.3) is 5.56 Å². The van der Waals surface area contributed by atoms with Crippen LogP contribution < -0.4 is 5.56 Å². The highest BCUT2D eigenvalue weighted by molar-refractivity contribution is 7.91. The molecule has 0 amide bonds. The first-order valence-electron chi connectivity index (χ1n) is 12.7. The number of aryl methyl sites for hydroxylation is 1. The minimum atomic E-state index is -4.54. The van der Waals surface area contributed by atoms with Gasteiger partial charge in [-0.1, -0.05) is 50.6 Å². The standard InChI is InChI=1S/C29H29F2N3O4S/c1-4-6-11-25-33-28(35)26(29(36)34(25)24(5-2)22-9-7-8-10-23(22)30)39(37,38)20-14-12-19(13-15-20)21-16-17-32-27(31)18(21)3/h7-10,12-17,24,35H,4-6,11H2,1-3H3/t24-/m0/s1. The van der Waals surface area contributed by atoms with Gasteiger partial charge >= 0.3 is 0 Å². The second kappa shape index (κ2) is 11.4. The summed E-state index contributed by atoms with van der Waals surface area (Å²) in [5.41, 5.74) is 0.640. The molecule has 4 rings (SSSR count). The van der Waals surface area contributed by atoms with Gasteiger partial charge in [-0.15, -0.1) is 0 Å². The van der Waals surface area contributed by atoms with Gasteiger partial charge in [0.05, 0.1) is 10.9 Å². The lowest BCUT2D eigenvalue weighted by molar-refractivity contribution is 0.403. The fraction of sp³-hybridized carbons (Fsp3) is 0.276. The Hall–Kier alpha value is -3.92. The molecule has 0 aliphatic carbocycles. The quantitative estimate of drug-likeness (QED) is 0.264. The number of halogens is 2. The van der Waals surface area contributed by atoms with E-state index < -0.39 is 44.0 Å². The molecule has 0 unspecified atom stereocenters. The van der Waals surface area contributed by atoms with Crippen LogP contribution in [-0.2, 0) is 16.3 Å². The van der Waals surface area contributed by atoms with Crippen molar-refractivity contribution < 1.29 is 22.3 Å². The maximum Gasteiger partial charge on any atom is 0.277 e. The Morgan fingerprint density at radius 2 is 1.72 bits per heavy atom. The van der Waals surface area contributed by atoms with Gasteiger partial charge in [-0.25, -0.2) is 17.8 Å². The third-order valence-corrected chi connectivity index (χ3v) is 8.52. The second-order valence-corrected chi connectivity index (χ2v) is 11.1. The van der Waals surface area contributed by atoms with Crippen molar-refractivity contribution >= 4 is 9.84 Å². The summed E-state index contributed by atoms with van der Waals surface area (Å²) in [6, 6.07) is 12.3. The molecule has 2 heterocycles. The first-order valence-corrected chi connectivity index (χ1v) is 14.2. The normalized spacial score (nSPS) is 12.4. The van der Waals surface area contributed by atoms with Crippen molar-refractivity contribution in [2.75, 3.05) is 0 Å². The molecule has 1 atom stereocenters. The molecule has 0 bridgehead atoms. The Labute approximate surface area is 225 Å². The van der Waals surface area contributed by atoms with E-state index in [1.807, 2.05) is 6.92 Å². The molecule has 39 heavy (non-hydrogen) atoms. The highest BCUT2D eigenvalue weighted by Gasteiger charge is 2.32. The lowest BCUT2D eigenvalue weighted by Crippen LogP contribution is -2.34. The zero-order valence-corrected chi connectivity index (χ0v) is 22.7. The summed E-state index contributed by atoms with van der Waals surface area (Å²) >= 11 is 0. The molecular formula is C29H29F2N3O4S. The van der Waals surface area contributed by atoms with Crippen LogP contribution in [0.1, 0.15) is 56.1 Å². The van der Waals surface area contributed by atoms with E-state index in [4.69, 9.17) is 0 Å². The van der Waals surface area contributed by atoms with E-state index in [0.29, 0.717) is 29.5 Å². The van der Waals surface area contributed by atoms with Crippen LogP contribution in [-0.4, -0.2) is 28.1 Å². The SMILES string of the molecule is CCCCc1nc(O)c(S(=O)(=O)c2ccc(-c3ccnc(F)c3C)cc2)c(=O)n1[C@@H](CC)c1ccccc1F. The lowest BCUT2D eigenvalue weighted by Gasteiger charge is -2.23. The summed E-state index contributed by atoms with van der Waals surface area (Å²) < 4.78 is 57.3. The first kappa shape index (κ1) is 28.1. The van der Waals surface area contributed by atoms with Crippen LogP contribution in [0.4, 0.5) is 8.78 Å². The van der Waals surface area contributed by atoms with E-state index in [1.54, 1.807) is 32.0 Å². The summed E-state index contributed by atoms with van der Waals surface area (Å²) in [6.45, 7) is 5.27. The predicted octanol–water partition coefficient (Wildman–Crippen LogP) is 5.77. The van der Waals surface area contributed by atoms with Crippen LogP contribution >= 0.6 is 0 Å². The van der Waals surface area contributed by atoms with E-state index in [1.165, 1.54) is 47.2 Å². The van der Waals surface area contributed by atoms with Crippen molar-refractivity contribution in [1.82, 2.24) is 14.5 Å². The van der Waals surface area contributed by atoms with Crippen LogP contribution in [0.15, 0.2) is 75.4 Å². The highest BCUT2D eigenvalue weighted by atomic mass is 32.2. The lowest BCUT2D eigenvalue weighted by atomic mass is 10.0. The molecule has 0 spiro atoms. The van der Waals surface area contributed by atoms with Crippen LogP contribution in [0.5, 0.6) is 5.88 Å². The number of aromatic nitrogens is 3. The number of unbranched alkanes of at least 4 members (excludes halogenated alkanes) is 1. The predicted molar refractivity (Wildman–Crippen MR) is 143 cm³/mol. The highest BCUT2D eigenvalue weighted by Crippen LogP contribution is 2.31. The maximum absolute atomic E-state index is 14.8. The Bertz CT molecular complexity index is 1670. The van der Waals surface area contributed by atoms with Crippen LogP contribution in [0.25, 0.3) is 11.1 Å². The van der Waals surface area contributed by atoms with Gasteiger partial charge in [0, 0.05) is 23.7 Å². The maximum atomic E-state index is 14.8. The second-order valence-electron chi connectivity index (χ2n) is 9.21. The summed E-state index contributed by atoms with van der Waals surface area (Å²) in [4.78, 5) is 20.5. The average Bonchev–Trinajstić information content (AvgIpc) is 2.91. The van der Waals surface area contributed by atoms with E-state index >= 15 is 0 Å². The van der Waals surface area contributed by atoms with E-state index in [0.717, 1.165) is 6.42 Å². The molecule has 7 nitrogen and oxygen atoms in total. The molecule has 10 heteroatoms. The molecule has 0 aliphatic rings. The van der Waals surface area contributed by atoms with Gasteiger partial charge in [0.2, 0.25) is 21.7 Å². The molecule has 2 aromatic heterocycles. The smallest absolute Gasteiger partial charge is 0.277 e. The third-order valence-electron chi connectivity index (χ3n) is 6.73. The Morgan fingerprint density at radius 3 is 2.36 bits per heavy atom. The Morgan fingerprint density at radius 1 is 1.03 bits per heavy atom. The molecule has 0 radical (unpaired) electrons. The zero-order valence-electron chi connectivity index (χ0n) is 21.9. The minimum Gasteiger partial charge on any atom is -0.492 e. The van der Waals surface area contributed by atoms with Gasteiger partial charge in [0.15, 0.2) is 4.90 Å². The molecule has 204 valence electrons. The topological polar surface area (TPSA) is 102 Å². The van der Waals surface area contributed by atoms with Crippen LogP contribution in [0.2, 0.25) is 0 Å². The number of hydrogen-bond donors (Lipinski definition) is 1. The fourth-order valence-electron chi connectivity index (χ4n) is 4.66. The van der Waals surface area contributed by atoms with Crippen molar-refractivity contribution in [2.45, 2.75) is 62.3 Å². The van der Waals surface area contributed by atoms with Crippen molar-refractivity contribution in [2.24, 2.45) is 0 Å². The number of sulfone groups is 1. The van der Waals surface area contributed by atoms with E-state index in [2.05, 4.69) is 9.97 Å². The molecule has 0 saturated heterocycles. The summed E-state index contributed by atoms with van der Waals surface area (Å²) in [7, 11) is -4.54. The van der Waals surface area contributed by atoms with Gasteiger partial charge in [-0.2, -0.15) is 9.37 Å². The summed E-state index contributed by atoms with van der Waals surface area (Å²) in [5, 5.41) is 10.7. The van der Waals surface area contributed by atoms with Gasteiger partial charge in [-0.3, -0.25) is 9.36 Å². The summed E-state index contributed by atoms with van der Waals surface area (Å²) in [6.07, 6.45) is 3.28. The monoisotopic (exact) mass is 553 g/mol. The third kappa shape index (κ3) is 5.34. The molecule has 4 aromatic rings. The van der Waals surface area contributed by atoms with E-state index in [-0.39, 0.29) is 22.7 Å². The van der Waals surface area contributed by atoms with E-state index in [9.17, 15) is 27.1 Å². The largest absolute Gasteiger partial charge is 0.492 e. The molecular weight excluding hydrogens is 524 g/mol. The zero-order chi connectivity index (χ0) is 28.3. The fourth-order valence-corrected chi connectivity index (χ4v) is 6.00. The van der Waals surface area contributed by atoms with Gasteiger partial charge in [-0.05, 0) is 55.2 Å². The van der Waals surface area contributed by atoms with Crippen molar-refractivity contribution in [3.05, 3.63) is 99.9 Å². The van der Waals surface area contributed by atoms with Crippen LogP contribution in [0, 0.1) is 18.7 Å². The average molecular weight is 554 g/mol. The molecule has 0 aliphatic heterocycles. The van der Waals surface area contributed by atoms with Gasteiger partial charge in [0.1, 0.15) is 11.6 Å². The number of hydrogen-bond acceptors (Lipinski definition) is 6. The van der Waals surface area contributed by atoms with Crippen molar-refractivity contribution in [3.63, 3.8) is 0 Å². The molecule has 2 aromatic carbocycles. The number of rotatable bonds is 9. The number of aromatic hydroxyl groups is 1. The first-order chi connectivity index (χ1) is 18.6. The number of pyridine rings is 1.